The number of benzene rings is 1. The fourth-order valence-electron chi connectivity index (χ4n) is 4.16. The van der Waals surface area contributed by atoms with E-state index in [1.165, 1.54) is 11.4 Å². The monoisotopic (exact) mass is 377 g/mol. The maximum Gasteiger partial charge on any atom is 0.336 e. The molecule has 1 aromatic rings. The van der Waals surface area contributed by atoms with Crippen LogP contribution < -0.4 is 16.1 Å². The van der Waals surface area contributed by atoms with E-state index in [0.29, 0.717) is 23.3 Å². The Kier molecular flexibility index (Phi) is 4.77. The average Bonchev–Trinajstić information content (AvgIpc) is 2.94. The van der Waals surface area contributed by atoms with Crippen molar-refractivity contribution in [2.45, 2.75) is 50.9 Å². The Bertz CT molecular complexity index is 728. The lowest BCUT2D eigenvalue weighted by Gasteiger charge is -2.44. The standard InChI is InChI=1S/C18H24ClN5O2/c1-11-6-7-12(8-13(11)19)21-17(25)10-23-18(26)24-15-5-3-2-4-14(15)20-9-16(24)22-23/h6-8,14-16,20,22H,2-5,9-10H2,1H3,(H,21,25). The molecule has 3 atom stereocenters. The minimum absolute atomic E-state index is 0.0330. The van der Waals surface area contributed by atoms with Crippen LogP contribution in [0.3, 0.4) is 0 Å². The van der Waals surface area contributed by atoms with Crippen LogP contribution in [-0.4, -0.2) is 53.2 Å². The topological polar surface area (TPSA) is 76.7 Å². The molecule has 1 saturated carbocycles. The zero-order chi connectivity index (χ0) is 18.3. The van der Waals surface area contributed by atoms with Gasteiger partial charge in [0.15, 0.2) is 0 Å². The fourth-order valence-corrected chi connectivity index (χ4v) is 4.34. The summed E-state index contributed by atoms with van der Waals surface area (Å²) in [6, 6.07) is 5.85. The quantitative estimate of drug-likeness (QED) is 0.753. The number of nitrogens with one attached hydrogen (secondary N) is 3. The second kappa shape index (κ2) is 7.06. The highest BCUT2D eigenvalue weighted by atomic mass is 35.5. The normalized spacial score (nSPS) is 27.9. The van der Waals surface area contributed by atoms with Crippen molar-refractivity contribution in [1.29, 1.82) is 0 Å². The van der Waals surface area contributed by atoms with Crippen LogP contribution in [0.2, 0.25) is 5.02 Å². The zero-order valence-corrected chi connectivity index (χ0v) is 15.6. The summed E-state index contributed by atoms with van der Waals surface area (Å²) in [6.07, 6.45) is 4.40. The third-order valence-electron chi connectivity index (χ3n) is 5.51. The number of amides is 3. The number of fused-ring (bicyclic) bond motifs is 3. The van der Waals surface area contributed by atoms with Crippen molar-refractivity contribution < 1.29 is 9.59 Å². The first-order valence-corrected chi connectivity index (χ1v) is 9.56. The van der Waals surface area contributed by atoms with E-state index >= 15 is 0 Å². The molecule has 7 nitrogen and oxygen atoms in total. The minimum Gasteiger partial charge on any atom is -0.324 e. The van der Waals surface area contributed by atoms with Crippen LogP contribution in [0.4, 0.5) is 10.5 Å². The van der Waals surface area contributed by atoms with E-state index in [9.17, 15) is 9.59 Å². The van der Waals surface area contributed by atoms with E-state index < -0.39 is 0 Å². The summed E-state index contributed by atoms with van der Waals surface area (Å²) >= 11 is 6.10. The Balaban J connectivity index is 1.40. The van der Waals surface area contributed by atoms with Crippen LogP contribution in [0.5, 0.6) is 0 Å². The number of carbonyl (C=O) groups excluding carboxylic acids is 2. The lowest BCUT2D eigenvalue weighted by Crippen LogP contribution is -2.64. The fraction of sp³-hybridized carbons (Fsp3) is 0.556. The predicted molar refractivity (Wildman–Crippen MR) is 99.7 cm³/mol. The third kappa shape index (κ3) is 3.26. The van der Waals surface area contributed by atoms with Crippen LogP contribution in [0.25, 0.3) is 0 Å². The molecule has 2 saturated heterocycles. The molecule has 3 aliphatic rings. The molecular weight excluding hydrogens is 354 g/mol. The summed E-state index contributed by atoms with van der Waals surface area (Å²) in [6.45, 7) is 2.58. The van der Waals surface area contributed by atoms with Gasteiger partial charge in [-0.1, -0.05) is 30.5 Å². The summed E-state index contributed by atoms with van der Waals surface area (Å²) in [4.78, 5) is 27.1. The molecule has 3 N–H and O–H groups in total. The van der Waals surface area contributed by atoms with Gasteiger partial charge in [0.05, 0.1) is 6.04 Å². The number of hydrazine groups is 1. The van der Waals surface area contributed by atoms with Gasteiger partial charge in [0.2, 0.25) is 5.91 Å². The van der Waals surface area contributed by atoms with E-state index in [0.717, 1.165) is 24.8 Å². The van der Waals surface area contributed by atoms with Crippen LogP contribution in [0.15, 0.2) is 18.2 Å². The van der Waals surface area contributed by atoms with E-state index in [1.807, 2.05) is 17.9 Å². The summed E-state index contributed by atoms with van der Waals surface area (Å²) in [7, 11) is 0. The molecule has 0 spiro atoms. The van der Waals surface area contributed by atoms with Crippen LogP contribution in [0, 0.1) is 6.92 Å². The molecule has 3 fully saturated rings. The molecule has 8 heteroatoms. The Morgan fingerprint density at radius 3 is 2.96 bits per heavy atom. The van der Waals surface area contributed by atoms with E-state index in [-0.39, 0.29) is 30.7 Å². The number of carbonyl (C=O) groups is 2. The number of urea groups is 1. The smallest absolute Gasteiger partial charge is 0.324 e. The number of halogens is 1. The van der Waals surface area contributed by atoms with Gasteiger partial charge in [0.1, 0.15) is 12.7 Å². The summed E-state index contributed by atoms with van der Waals surface area (Å²) < 4.78 is 0. The van der Waals surface area contributed by atoms with Gasteiger partial charge in [-0.25, -0.2) is 15.2 Å². The van der Waals surface area contributed by atoms with Gasteiger partial charge in [-0.15, -0.1) is 0 Å². The highest BCUT2D eigenvalue weighted by molar-refractivity contribution is 6.31. The molecule has 3 amide bonds. The largest absolute Gasteiger partial charge is 0.336 e. The van der Waals surface area contributed by atoms with Crippen molar-refractivity contribution in [1.82, 2.24) is 20.7 Å². The van der Waals surface area contributed by atoms with Gasteiger partial charge < -0.3 is 15.5 Å². The van der Waals surface area contributed by atoms with E-state index in [4.69, 9.17) is 11.6 Å². The highest BCUT2D eigenvalue weighted by Gasteiger charge is 2.47. The molecule has 4 rings (SSSR count). The Labute approximate surface area is 158 Å². The number of hydrogen-bond acceptors (Lipinski definition) is 4. The number of nitrogens with zero attached hydrogens (tertiary/aromatic N) is 2. The van der Waals surface area contributed by atoms with Crippen molar-refractivity contribution in [3.05, 3.63) is 28.8 Å². The molecule has 140 valence electrons. The summed E-state index contributed by atoms with van der Waals surface area (Å²) in [5, 5.41) is 8.37. The Hall–Kier alpha value is -1.83. The van der Waals surface area contributed by atoms with Crippen LogP contribution in [-0.2, 0) is 4.79 Å². The SMILES string of the molecule is Cc1ccc(NC(=O)CN2NC3CNC4CCCCC4N3C2=O)cc1Cl. The van der Waals surface area contributed by atoms with E-state index in [1.54, 1.807) is 12.1 Å². The molecule has 26 heavy (non-hydrogen) atoms. The van der Waals surface area contributed by atoms with Gasteiger partial charge >= 0.3 is 6.03 Å². The molecule has 1 aromatic carbocycles. The number of hydrogen-bond donors (Lipinski definition) is 3. The van der Waals surface area contributed by atoms with E-state index in [2.05, 4.69) is 16.1 Å². The second-order valence-corrected chi connectivity index (χ2v) is 7.71. The number of aryl methyl sites for hydroxylation is 1. The predicted octanol–water partition coefficient (Wildman–Crippen LogP) is 2.07. The lowest BCUT2D eigenvalue weighted by atomic mass is 9.87. The van der Waals surface area contributed by atoms with Crippen molar-refractivity contribution in [2.24, 2.45) is 0 Å². The molecular formula is C18H24ClN5O2. The van der Waals surface area contributed by atoms with Crippen molar-refractivity contribution in [2.75, 3.05) is 18.4 Å². The maximum atomic E-state index is 12.8. The summed E-state index contributed by atoms with van der Waals surface area (Å²) in [5.74, 6) is -0.251. The molecule has 3 unspecified atom stereocenters. The molecule has 1 aliphatic carbocycles. The van der Waals surface area contributed by atoms with Crippen molar-refractivity contribution in [3.63, 3.8) is 0 Å². The first-order chi connectivity index (χ1) is 12.5. The van der Waals surface area contributed by atoms with Gasteiger partial charge in [-0.05, 0) is 37.5 Å². The maximum absolute atomic E-state index is 12.8. The number of rotatable bonds is 3. The van der Waals surface area contributed by atoms with Gasteiger partial charge in [0.25, 0.3) is 0 Å². The van der Waals surface area contributed by atoms with Gasteiger partial charge in [-0.3, -0.25) is 4.79 Å². The molecule has 0 radical (unpaired) electrons. The zero-order valence-electron chi connectivity index (χ0n) is 14.8. The lowest BCUT2D eigenvalue weighted by molar-refractivity contribution is -0.117. The highest BCUT2D eigenvalue weighted by Crippen LogP contribution is 2.30. The number of anilines is 1. The Morgan fingerprint density at radius 1 is 1.35 bits per heavy atom. The van der Waals surface area contributed by atoms with Gasteiger partial charge in [0, 0.05) is 23.3 Å². The minimum atomic E-state index is -0.251. The third-order valence-corrected chi connectivity index (χ3v) is 5.92. The summed E-state index contributed by atoms with van der Waals surface area (Å²) in [5.41, 5.74) is 4.75. The van der Waals surface area contributed by atoms with Crippen LogP contribution in [0.1, 0.15) is 31.2 Å². The average molecular weight is 378 g/mol. The molecule has 0 aromatic heterocycles. The molecule has 2 aliphatic heterocycles. The Morgan fingerprint density at radius 2 is 2.15 bits per heavy atom. The number of piperazine rings is 1. The molecule has 2 heterocycles. The van der Waals surface area contributed by atoms with Crippen molar-refractivity contribution >= 4 is 29.2 Å². The van der Waals surface area contributed by atoms with Gasteiger partial charge in [-0.2, -0.15) is 0 Å². The van der Waals surface area contributed by atoms with Crippen molar-refractivity contribution in [3.8, 4) is 0 Å². The first kappa shape index (κ1) is 17.6. The first-order valence-electron chi connectivity index (χ1n) is 9.18. The second-order valence-electron chi connectivity index (χ2n) is 7.30. The van der Waals surface area contributed by atoms with Crippen LogP contribution >= 0.6 is 11.6 Å². The molecule has 0 bridgehead atoms.